The normalized spacial score (nSPS) is 9.31. The number of rotatable bonds is 5. The monoisotopic (exact) mass is 502 g/mol. The molecule has 0 unspecified atom stereocenters. The Labute approximate surface area is 220 Å². The Morgan fingerprint density at radius 3 is 1.53 bits per heavy atom. The Balaban J connectivity index is 0.000000291. The number of carbonyl (C=O) groups is 2. The summed E-state index contributed by atoms with van der Waals surface area (Å²) in [7, 11) is 0. The molecule has 188 valence electrons. The SMILES string of the molecule is C.Cc1ccc(CC(=O)Cc2ccccc2)cc1.Cc1ccc(Cl)cc1.NC(=O)Nc1ccccc1. The highest BCUT2D eigenvalue weighted by atomic mass is 35.5. The minimum Gasteiger partial charge on any atom is -0.351 e. The molecule has 4 aromatic carbocycles. The number of benzene rings is 4. The molecule has 0 saturated carbocycles. The summed E-state index contributed by atoms with van der Waals surface area (Å²) >= 11 is 5.61. The summed E-state index contributed by atoms with van der Waals surface area (Å²) in [6.45, 7) is 4.09. The van der Waals surface area contributed by atoms with Gasteiger partial charge in [-0.2, -0.15) is 0 Å². The zero-order valence-electron chi connectivity index (χ0n) is 20.1. The average molecular weight is 503 g/mol. The van der Waals surface area contributed by atoms with Crippen molar-refractivity contribution < 1.29 is 9.59 Å². The summed E-state index contributed by atoms with van der Waals surface area (Å²) in [5.74, 6) is 0.264. The summed E-state index contributed by atoms with van der Waals surface area (Å²) in [4.78, 5) is 22.1. The van der Waals surface area contributed by atoms with Crippen LogP contribution in [0, 0.1) is 13.8 Å². The number of ketones is 1. The number of hydrogen-bond donors (Lipinski definition) is 2. The summed E-state index contributed by atoms with van der Waals surface area (Å²) in [6.07, 6.45) is 1.05. The van der Waals surface area contributed by atoms with Crippen molar-refractivity contribution in [3.05, 3.63) is 136 Å². The van der Waals surface area contributed by atoms with E-state index in [-0.39, 0.29) is 13.2 Å². The van der Waals surface area contributed by atoms with Gasteiger partial charge in [0.15, 0.2) is 0 Å². The molecule has 0 spiro atoms. The maximum atomic E-state index is 11.9. The molecule has 0 fully saturated rings. The second-order valence-electron chi connectivity index (χ2n) is 8.01. The van der Waals surface area contributed by atoms with Crippen LogP contribution in [0.5, 0.6) is 0 Å². The van der Waals surface area contributed by atoms with Crippen molar-refractivity contribution in [3.63, 3.8) is 0 Å². The highest BCUT2D eigenvalue weighted by Crippen LogP contribution is 2.08. The van der Waals surface area contributed by atoms with Crippen LogP contribution in [0.2, 0.25) is 5.02 Å². The van der Waals surface area contributed by atoms with Crippen LogP contribution >= 0.6 is 11.6 Å². The van der Waals surface area contributed by atoms with Gasteiger partial charge in [-0.3, -0.25) is 4.79 Å². The van der Waals surface area contributed by atoms with Gasteiger partial charge in [0.25, 0.3) is 0 Å². The number of para-hydroxylation sites is 1. The molecule has 4 nitrogen and oxygen atoms in total. The number of aryl methyl sites for hydroxylation is 2. The largest absolute Gasteiger partial charge is 0.351 e. The molecular formula is C31H35ClN2O2. The molecule has 0 aliphatic carbocycles. The zero-order chi connectivity index (χ0) is 25.5. The lowest BCUT2D eigenvalue weighted by Crippen LogP contribution is -2.18. The van der Waals surface area contributed by atoms with E-state index in [1.807, 2.05) is 104 Å². The van der Waals surface area contributed by atoms with E-state index >= 15 is 0 Å². The van der Waals surface area contributed by atoms with Crippen molar-refractivity contribution >= 4 is 29.1 Å². The quantitative estimate of drug-likeness (QED) is 0.292. The number of anilines is 1. The number of carbonyl (C=O) groups excluding carboxylic acids is 2. The smallest absolute Gasteiger partial charge is 0.316 e. The Morgan fingerprint density at radius 2 is 1.08 bits per heavy atom. The third-order valence-electron chi connectivity index (χ3n) is 4.82. The molecule has 3 N–H and O–H groups in total. The van der Waals surface area contributed by atoms with Crippen LogP contribution in [-0.2, 0) is 17.6 Å². The number of nitrogens with two attached hydrogens (primary N) is 1. The number of amides is 2. The molecule has 4 rings (SSSR count). The molecule has 0 aliphatic heterocycles. The van der Waals surface area contributed by atoms with Gasteiger partial charge in [0.1, 0.15) is 5.78 Å². The van der Waals surface area contributed by atoms with Gasteiger partial charge in [-0.05, 0) is 49.2 Å². The van der Waals surface area contributed by atoms with Gasteiger partial charge < -0.3 is 11.1 Å². The number of urea groups is 1. The number of halogens is 1. The van der Waals surface area contributed by atoms with Gasteiger partial charge in [0.05, 0.1) is 0 Å². The number of primary amides is 1. The van der Waals surface area contributed by atoms with E-state index in [4.69, 9.17) is 17.3 Å². The van der Waals surface area contributed by atoms with E-state index in [2.05, 4.69) is 12.2 Å². The van der Waals surface area contributed by atoms with Crippen LogP contribution in [-0.4, -0.2) is 11.8 Å². The predicted molar refractivity (Wildman–Crippen MR) is 153 cm³/mol. The molecule has 0 bridgehead atoms. The van der Waals surface area contributed by atoms with E-state index < -0.39 is 6.03 Å². The summed E-state index contributed by atoms with van der Waals surface area (Å²) in [6, 6.07) is 34.3. The summed E-state index contributed by atoms with van der Waals surface area (Å²) in [5.41, 5.74) is 10.2. The number of Topliss-reactive ketones (excluding diaryl/α,β-unsaturated/α-hetero) is 1. The van der Waals surface area contributed by atoms with Crippen LogP contribution in [0.3, 0.4) is 0 Å². The third-order valence-corrected chi connectivity index (χ3v) is 5.07. The minimum absolute atomic E-state index is 0. The van der Waals surface area contributed by atoms with Crippen LogP contribution < -0.4 is 11.1 Å². The lowest BCUT2D eigenvalue weighted by molar-refractivity contribution is -0.117. The van der Waals surface area contributed by atoms with Crippen LogP contribution in [0.1, 0.15) is 29.7 Å². The fourth-order valence-corrected chi connectivity index (χ4v) is 3.14. The molecule has 0 radical (unpaired) electrons. The van der Waals surface area contributed by atoms with Gasteiger partial charge in [-0.1, -0.05) is 115 Å². The molecule has 0 atom stereocenters. The van der Waals surface area contributed by atoms with E-state index in [1.165, 1.54) is 11.1 Å². The van der Waals surface area contributed by atoms with E-state index in [9.17, 15) is 9.59 Å². The molecule has 36 heavy (non-hydrogen) atoms. The second-order valence-corrected chi connectivity index (χ2v) is 8.45. The molecule has 4 aromatic rings. The highest BCUT2D eigenvalue weighted by Gasteiger charge is 2.04. The third kappa shape index (κ3) is 13.1. The Morgan fingerprint density at radius 1 is 0.667 bits per heavy atom. The number of hydrogen-bond acceptors (Lipinski definition) is 2. The first-order valence-corrected chi connectivity index (χ1v) is 11.6. The fraction of sp³-hybridized carbons (Fsp3) is 0.161. The first-order chi connectivity index (χ1) is 16.8. The van der Waals surface area contributed by atoms with Crippen molar-refractivity contribution in [1.82, 2.24) is 0 Å². The van der Waals surface area contributed by atoms with Gasteiger partial charge >= 0.3 is 6.03 Å². The number of nitrogens with one attached hydrogen (secondary N) is 1. The molecule has 0 saturated heterocycles. The van der Waals surface area contributed by atoms with Gasteiger partial charge in [0, 0.05) is 23.6 Å². The summed E-state index contributed by atoms with van der Waals surface area (Å²) in [5, 5.41) is 3.25. The van der Waals surface area contributed by atoms with Crippen LogP contribution in [0.25, 0.3) is 0 Å². The second kappa shape index (κ2) is 16.7. The topological polar surface area (TPSA) is 72.2 Å². The first-order valence-electron chi connectivity index (χ1n) is 11.3. The molecular weight excluding hydrogens is 468 g/mol. The molecule has 0 heterocycles. The maximum absolute atomic E-state index is 11.9. The van der Waals surface area contributed by atoms with Crippen LogP contribution in [0.15, 0.2) is 109 Å². The van der Waals surface area contributed by atoms with Crippen LogP contribution in [0.4, 0.5) is 10.5 Å². The first kappa shape index (κ1) is 30.1. The Bertz CT molecular complexity index is 1140. The standard InChI is InChI=1S/C16H16O.C7H7Cl.C7H8N2O.CH4/c1-13-7-9-15(10-8-13)12-16(17)11-14-5-3-2-4-6-14;1-6-2-4-7(8)5-3-6;8-7(10)9-6-4-2-1-3-5-6;/h2-10H,11-12H2,1H3;2-5H,1H3;1-5H,(H3,8,9,10);1H4. The lowest BCUT2D eigenvalue weighted by atomic mass is 10.0. The Kier molecular flexibility index (Phi) is 14.0. The van der Waals surface area contributed by atoms with E-state index in [0.29, 0.717) is 12.8 Å². The molecule has 0 aromatic heterocycles. The van der Waals surface area contributed by atoms with Crippen molar-refractivity contribution in [2.75, 3.05) is 5.32 Å². The predicted octanol–water partition coefficient (Wildman–Crippen LogP) is 7.81. The maximum Gasteiger partial charge on any atom is 0.316 e. The van der Waals surface area contributed by atoms with Crippen molar-refractivity contribution in [3.8, 4) is 0 Å². The Hall–Kier alpha value is -3.89. The van der Waals surface area contributed by atoms with Gasteiger partial charge in [-0.15, -0.1) is 0 Å². The van der Waals surface area contributed by atoms with E-state index in [1.54, 1.807) is 12.1 Å². The molecule has 5 heteroatoms. The average Bonchev–Trinajstić information content (AvgIpc) is 2.84. The van der Waals surface area contributed by atoms with Crippen molar-refractivity contribution in [2.24, 2.45) is 5.73 Å². The van der Waals surface area contributed by atoms with Crippen molar-refractivity contribution in [1.29, 1.82) is 0 Å². The lowest BCUT2D eigenvalue weighted by Gasteiger charge is -2.02. The van der Waals surface area contributed by atoms with Gasteiger partial charge in [0.2, 0.25) is 0 Å². The van der Waals surface area contributed by atoms with E-state index in [0.717, 1.165) is 21.8 Å². The minimum atomic E-state index is -0.536. The molecule has 2 amide bonds. The fourth-order valence-electron chi connectivity index (χ4n) is 3.02. The van der Waals surface area contributed by atoms with Gasteiger partial charge in [-0.25, -0.2) is 4.79 Å². The van der Waals surface area contributed by atoms with Crippen molar-refractivity contribution in [2.45, 2.75) is 34.1 Å². The summed E-state index contributed by atoms with van der Waals surface area (Å²) < 4.78 is 0. The highest BCUT2D eigenvalue weighted by molar-refractivity contribution is 6.30. The molecule has 0 aliphatic rings. The zero-order valence-corrected chi connectivity index (χ0v) is 20.8.